The summed E-state index contributed by atoms with van der Waals surface area (Å²) in [5.74, 6) is 0.696. The largest absolute Gasteiger partial charge is 0.488 e. The van der Waals surface area contributed by atoms with E-state index in [1.807, 2.05) is 12.1 Å². The van der Waals surface area contributed by atoms with Gasteiger partial charge < -0.3 is 4.74 Å². The Kier molecular flexibility index (Phi) is 6.97. The van der Waals surface area contributed by atoms with Gasteiger partial charge in [0.05, 0.1) is 9.79 Å². The molecule has 0 aliphatic rings. The van der Waals surface area contributed by atoms with Crippen LogP contribution in [-0.4, -0.2) is 14.0 Å². The Labute approximate surface area is 171 Å². The molecular weight excluding hydrogens is 368 g/mol. The third-order valence-corrected chi connectivity index (χ3v) is 8.20. The van der Waals surface area contributed by atoms with Crippen molar-refractivity contribution in [2.75, 3.05) is 0 Å². The molecule has 0 aromatic heterocycles. The first-order valence-corrected chi connectivity index (χ1v) is 11.8. The minimum absolute atomic E-state index is 0.0759. The summed E-state index contributed by atoms with van der Waals surface area (Å²) in [7, 11) is -3.54. The summed E-state index contributed by atoms with van der Waals surface area (Å²) in [6.07, 6.45) is 3.83. The lowest BCUT2D eigenvalue weighted by atomic mass is 9.78. The van der Waals surface area contributed by atoms with E-state index in [-0.39, 0.29) is 15.9 Å². The zero-order valence-corrected chi connectivity index (χ0v) is 18.9. The van der Waals surface area contributed by atoms with Gasteiger partial charge in [-0.15, -0.1) is 0 Å². The smallest absolute Gasteiger partial charge is 0.206 e. The molecule has 3 nitrogen and oxygen atoms in total. The summed E-state index contributed by atoms with van der Waals surface area (Å²) in [4.78, 5) is 0.613. The quantitative estimate of drug-likeness (QED) is 0.477. The summed E-state index contributed by atoms with van der Waals surface area (Å²) < 4.78 is 32.1. The highest BCUT2D eigenvalue weighted by molar-refractivity contribution is 7.91. The van der Waals surface area contributed by atoms with Gasteiger partial charge in [-0.05, 0) is 80.0 Å². The van der Waals surface area contributed by atoms with Crippen LogP contribution in [0, 0.1) is 0 Å². The highest BCUT2D eigenvalue weighted by atomic mass is 32.2. The van der Waals surface area contributed by atoms with E-state index in [1.165, 1.54) is 5.56 Å². The molecule has 0 bridgehead atoms. The number of benzene rings is 2. The summed E-state index contributed by atoms with van der Waals surface area (Å²) in [6.45, 7) is 12.8. The molecule has 0 spiro atoms. The van der Waals surface area contributed by atoms with Crippen LogP contribution in [0.1, 0.15) is 72.8 Å². The van der Waals surface area contributed by atoms with Crippen LogP contribution in [0.3, 0.4) is 0 Å². The van der Waals surface area contributed by atoms with Crippen LogP contribution in [0.4, 0.5) is 0 Å². The molecule has 0 radical (unpaired) electrons. The zero-order valence-electron chi connectivity index (χ0n) is 18.1. The number of hydrogen-bond acceptors (Lipinski definition) is 3. The molecule has 0 saturated heterocycles. The van der Waals surface area contributed by atoms with E-state index in [2.05, 4.69) is 41.5 Å². The fraction of sp³-hybridized carbons (Fsp3) is 0.500. The first kappa shape index (κ1) is 22.5. The fourth-order valence-corrected chi connectivity index (χ4v) is 4.46. The number of ether oxygens (including phenoxy) is 1. The average Bonchev–Trinajstić information content (AvgIpc) is 2.73. The van der Waals surface area contributed by atoms with E-state index >= 15 is 0 Å². The Hall–Kier alpha value is -1.81. The predicted molar refractivity (Wildman–Crippen MR) is 116 cm³/mol. The van der Waals surface area contributed by atoms with Crippen LogP contribution >= 0.6 is 0 Å². The van der Waals surface area contributed by atoms with Crippen molar-refractivity contribution in [3.63, 3.8) is 0 Å². The predicted octanol–water partition coefficient (Wildman–Crippen LogP) is 6.55. The van der Waals surface area contributed by atoms with Crippen LogP contribution < -0.4 is 4.74 Å². The minimum atomic E-state index is -3.54. The lowest BCUT2D eigenvalue weighted by Gasteiger charge is -2.28. The molecule has 0 atom stereocenters. The fourth-order valence-electron chi connectivity index (χ4n) is 3.20. The van der Waals surface area contributed by atoms with Gasteiger partial charge in [0.1, 0.15) is 11.4 Å². The van der Waals surface area contributed by atoms with Crippen molar-refractivity contribution >= 4 is 9.84 Å². The summed E-state index contributed by atoms with van der Waals surface area (Å²) >= 11 is 0. The summed E-state index contributed by atoms with van der Waals surface area (Å²) in [5, 5.41) is 0. The van der Waals surface area contributed by atoms with E-state index in [9.17, 15) is 8.42 Å². The van der Waals surface area contributed by atoms with E-state index in [1.54, 1.807) is 36.4 Å². The monoisotopic (exact) mass is 402 g/mol. The second-order valence-electron chi connectivity index (χ2n) is 8.03. The summed E-state index contributed by atoms with van der Waals surface area (Å²) in [6, 6.07) is 14.1. The molecule has 0 N–H and O–H groups in total. The van der Waals surface area contributed by atoms with E-state index in [0.29, 0.717) is 10.6 Å². The second kappa shape index (κ2) is 8.69. The SMILES string of the molecule is CCC(C)(CC)Oc1ccc(S(=O)(=O)c2ccc(C(C)(CC)CC)cc2)cc1. The van der Waals surface area contributed by atoms with Crippen LogP contribution in [0.5, 0.6) is 5.75 Å². The molecule has 2 aromatic rings. The first-order valence-electron chi connectivity index (χ1n) is 10.3. The molecule has 2 aromatic carbocycles. The van der Waals surface area contributed by atoms with Crippen molar-refractivity contribution in [3.8, 4) is 5.75 Å². The van der Waals surface area contributed by atoms with Crippen molar-refractivity contribution < 1.29 is 13.2 Å². The van der Waals surface area contributed by atoms with E-state index in [0.717, 1.165) is 25.7 Å². The minimum Gasteiger partial charge on any atom is -0.488 e. The molecule has 4 heteroatoms. The zero-order chi connectivity index (χ0) is 21.0. The van der Waals surface area contributed by atoms with Gasteiger partial charge in [-0.3, -0.25) is 0 Å². The van der Waals surface area contributed by atoms with Crippen molar-refractivity contribution in [1.29, 1.82) is 0 Å². The van der Waals surface area contributed by atoms with Crippen molar-refractivity contribution in [3.05, 3.63) is 54.1 Å². The number of sulfone groups is 1. The van der Waals surface area contributed by atoms with Crippen molar-refractivity contribution in [1.82, 2.24) is 0 Å². The van der Waals surface area contributed by atoms with Crippen molar-refractivity contribution in [2.45, 2.75) is 88.0 Å². The maximum Gasteiger partial charge on any atom is 0.206 e. The Bertz CT molecular complexity index is 857. The second-order valence-corrected chi connectivity index (χ2v) is 9.98. The number of rotatable bonds is 9. The maximum atomic E-state index is 13.0. The topological polar surface area (TPSA) is 43.4 Å². The molecule has 0 saturated carbocycles. The molecule has 2 rings (SSSR count). The van der Waals surface area contributed by atoms with E-state index < -0.39 is 9.84 Å². The van der Waals surface area contributed by atoms with Crippen molar-refractivity contribution in [2.24, 2.45) is 0 Å². The maximum absolute atomic E-state index is 13.0. The molecule has 0 fully saturated rings. The Balaban J connectivity index is 2.27. The van der Waals surface area contributed by atoms with Crippen LogP contribution in [0.2, 0.25) is 0 Å². The third kappa shape index (κ3) is 4.60. The van der Waals surface area contributed by atoms with Crippen LogP contribution in [0.25, 0.3) is 0 Å². The standard InChI is InChI=1S/C24H34O3S/c1-7-23(5,8-2)19-11-15-21(16-12-19)28(25,26)22-17-13-20(14-18-22)27-24(6,9-3)10-4/h11-18H,7-10H2,1-6H3. The molecular formula is C24H34O3S. The van der Waals surface area contributed by atoms with Gasteiger partial charge in [-0.25, -0.2) is 8.42 Å². The van der Waals surface area contributed by atoms with E-state index in [4.69, 9.17) is 4.74 Å². The Morgan fingerprint density at radius 3 is 1.54 bits per heavy atom. The molecule has 154 valence electrons. The summed E-state index contributed by atoms with van der Waals surface area (Å²) in [5.41, 5.74) is 1.02. The molecule has 0 aliphatic heterocycles. The first-order chi connectivity index (χ1) is 13.1. The highest BCUT2D eigenvalue weighted by Crippen LogP contribution is 2.33. The van der Waals surface area contributed by atoms with Gasteiger partial charge in [-0.1, -0.05) is 46.8 Å². The van der Waals surface area contributed by atoms with Crippen LogP contribution in [0.15, 0.2) is 58.3 Å². The van der Waals surface area contributed by atoms with Gasteiger partial charge in [0.2, 0.25) is 9.84 Å². The highest BCUT2D eigenvalue weighted by Gasteiger charge is 2.25. The lowest BCUT2D eigenvalue weighted by molar-refractivity contribution is 0.0802. The van der Waals surface area contributed by atoms with Gasteiger partial charge >= 0.3 is 0 Å². The van der Waals surface area contributed by atoms with Gasteiger partial charge in [0.15, 0.2) is 0 Å². The average molecular weight is 403 g/mol. The molecule has 0 unspecified atom stereocenters. The molecule has 28 heavy (non-hydrogen) atoms. The Morgan fingerprint density at radius 2 is 1.14 bits per heavy atom. The van der Waals surface area contributed by atoms with Gasteiger partial charge in [0, 0.05) is 0 Å². The van der Waals surface area contributed by atoms with Gasteiger partial charge in [-0.2, -0.15) is 0 Å². The van der Waals surface area contributed by atoms with Gasteiger partial charge in [0.25, 0.3) is 0 Å². The third-order valence-electron chi connectivity index (χ3n) is 6.42. The molecule has 0 amide bonds. The molecule has 0 heterocycles. The lowest BCUT2D eigenvalue weighted by Crippen LogP contribution is -2.30. The molecule has 0 aliphatic carbocycles. The Morgan fingerprint density at radius 1 is 0.714 bits per heavy atom. The van der Waals surface area contributed by atoms with Crippen LogP contribution in [-0.2, 0) is 15.3 Å². The number of hydrogen-bond donors (Lipinski definition) is 0. The normalized spacial score (nSPS) is 12.8.